The zero-order chi connectivity index (χ0) is 15.6. The molecule has 0 aliphatic heterocycles. The Bertz CT molecular complexity index is 578. The Balaban J connectivity index is 2.04. The van der Waals surface area contributed by atoms with Crippen molar-refractivity contribution in [2.45, 2.75) is 59.0 Å². The van der Waals surface area contributed by atoms with E-state index < -0.39 is 0 Å². The SMILES string of the molecule is Cc1ncc([C@@H](C)N[C@@H](C)c2ccc(C(C)(C)C)cc2)s1. The third kappa shape index (κ3) is 4.14. The van der Waals surface area contributed by atoms with Crippen molar-refractivity contribution in [2.24, 2.45) is 0 Å². The van der Waals surface area contributed by atoms with Crippen molar-refractivity contribution in [3.05, 3.63) is 51.5 Å². The zero-order valence-corrected chi connectivity index (χ0v) is 14.7. The first-order valence-electron chi connectivity index (χ1n) is 7.56. The number of hydrogen-bond donors (Lipinski definition) is 1. The van der Waals surface area contributed by atoms with Crippen molar-refractivity contribution in [3.8, 4) is 0 Å². The lowest BCUT2D eigenvalue weighted by Gasteiger charge is -2.22. The van der Waals surface area contributed by atoms with Crippen molar-refractivity contribution >= 4 is 11.3 Å². The van der Waals surface area contributed by atoms with Gasteiger partial charge in [0, 0.05) is 23.2 Å². The maximum absolute atomic E-state index is 4.33. The van der Waals surface area contributed by atoms with Crippen LogP contribution in [0.3, 0.4) is 0 Å². The minimum absolute atomic E-state index is 0.211. The highest BCUT2D eigenvalue weighted by atomic mass is 32.1. The van der Waals surface area contributed by atoms with E-state index in [1.807, 2.05) is 6.20 Å². The molecule has 1 N–H and O–H groups in total. The molecule has 2 aromatic rings. The van der Waals surface area contributed by atoms with Gasteiger partial charge in [0.25, 0.3) is 0 Å². The fourth-order valence-electron chi connectivity index (χ4n) is 2.40. The summed E-state index contributed by atoms with van der Waals surface area (Å²) in [7, 11) is 0. The third-order valence-electron chi connectivity index (χ3n) is 3.84. The van der Waals surface area contributed by atoms with Gasteiger partial charge >= 0.3 is 0 Å². The predicted octanol–water partition coefficient (Wildman–Crippen LogP) is 5.16. The molecule has 0 aliphatic rings. The minimum Gasteiger partial charge on any atom is -0.303 e. The van der Waals surface area contributed by atoms with Gasteiger partial charge < -0.3 is 5.32 Å². The summed E-state index contributed by atoms with van der Waals surface area (Å²) in [6, 6.07) is 9.63. The molecule has 2 nitrogen and oxygen atoms in total. The molecule has 0 saturated carbocycles. The van der Waals surface area contributed by atoms with Gasteiger partial charge in [-0.15, -0.1) is 11.3 Å². The van der Waals surface area contributed by atoms with Crippen molar-refractivity contribution in [1.82, 2.24) is 10.3 Å². The van der Waals surface area contributed by atoms with Crippen molar-refractivity contribution < 1.29 is 0 Å². The molecular weight excluding hydrogens is 276 g/mol. The van der Waals surface area contributed by atoms with Crippen LogP contribution in [0.4, 0.5) is 0 Å². The van der Waals surface area contributed by atoms with Crippen LogP contribution in [0.2, 0.25) is 0 Å². The number of aryl methyl sites for hydroxylation is 1. The van der Waals surface area contributed by atoms with Crippen LogP contribution in [0.15, 0.2) is 30.5 Å². The van der Waals surface area contributed by atoms with E-state index in [0.717, 1.165) is 5.01 Å². The maximum atomic E-state index is 4.33. The fourth-order valence-corrected chi connectivity index (χ4v) is 3.20. The van der Waals surface area contributed by atoms with Gasteiger partial charge in [0.2, 0.25) is 0 Å². The summed E-state index contributed by atoms with van der Waals surface area (Å²) >= 11 is 1.77. The van der Waals surface area contributed by atoms with E-state index in [9.17, 15) is 0 Å². The lowest BCUT2D eigenvalue weighted by molar-refractivity contribution is 0.499. The van der Waals surface area contributed by atoms with Gasteiger partial charge in [0.1, 0.15) is 0 Å². The van der Waals surface area contributed by atoms with E-state index in [1.165, 1.54) is 16.0 Å². The number of rotatable bonds is 4. The second-order valence-electron chi connectivity index (χ2n) is 6.76. The summed E-state index contributed by atoms with van der Waals surface area (Å²) in [6.07, 6.45) is 1.98. The van der Waals surface area contributed by atoms with Gasteiger partial charge in [-0.05, 0) is 37.3 Å². The largest absolute Gasteiger partial charge is 0.303 e. The number of aromatic nitrogens is 1. The average molecular weight is 302 g/mol. The van der Waals surface area contributed by atoms with Gasteiger partial charge in [-0.2, -0.15) is 0 Å². The molecule has 1 heterocycles. The lowest BCUT2D eigenvalue weighted by Crippen LogP contribution is -2.22. The highest BCUT2D eigenvalue weighted by Crippen LogP contribution is 2.26. The van der Waals surface area contributed by atoms with E-state index in [-0.39, 0.29) is 5.41 Å². The molecule has 0 unspecified atom stereocenters. The summed E-state index contributed by atoms with van der Waals surface area (Å²) in [4.78, 5) is 5.63. The molecule has 1 aromatic carbocycles. The third-order valence-corrected chi connectivity index (χ3v) is 4.94. The smallest absolute Gasteiger partial charge is 0.0897 e. The molecule has 0 radical (unpaired) electrons. The Morgan fingerprint density at radius 2 is 1.67 bits per heavy atom. The van der Waals surface area contributed by atoms with Gasteiger partial charge in [-0.3, -0.25) is 0 Å². The Labute approximate surface area is 132 Å². The van der Waals surface area contributed by atoms with E-state index in [1.54, 1.807) is 11.3 Å². The molecular formula is C18H26N2S. The standard InChI is InChI=1S/C18H26N2S/c1-12(20-13(2)17-11-19-14(3)21-17)15-7-9-16(10-8-15)18(4,5)6/h7-13,20H,1-6H3/t12-,13+/m0/s1. The molecule has 21 heavy (non-hydrogen) atoms. The molecule has 2 atom stereocenters. The van der Waals surface area contributed by atoms with E-state index in [0.29, 0.717) is 12.1 Å². The zero-order valence-electron chi connectivity index (χ0n) is 13.9. The Morgan fingerprint density at radius 1 is 1.05 bits per heavy atom. The van der Waals surface area contributed by atoms with Crippen LogP contribution in [0, 0.1) is 6.92 Å². The average Bonchev–Trinajstić information content (AvgIpc) is 2.84. The first kappa shape index (κ1) is 16.2. The predicted molar refractivity (Wildman–Crippen MR) is 92.0 cm³/mol. The number of nitrogens with one attached hydrogen (secondary N) is 1. The van der Waals surface area contributed by atoms with Gasteiger partial charge in [0.15, 0.2) is 0 Å². The number of thiazole rings is 1. The number of hydrogen-bond acceptors (Lipinski definition) is 3. The molecule has 0 saturated heterocycles. The molecule has 0 amide bonds. The van der Waals surface area contributed by atoms with Crippen LogP contribution in [0.25, 0.3) is 0 Å². The molecule has 3 heteroatoms. The Kier molecular flexibility index (Phi) is 4.84. The monoisotopic (exact) mass is 302 g/mol. The maximum Gasteiger partial charge on any atom is 0.0897 e. The van der Waals surface area contributed by atoms with Gasteiger partial charge in [0.05, 0.1) is 5.01 Å². The molecule has 0 fully saturated rings. The molecule has 1 aromatic heterocycles. The van der Waals surface area contributed by atoms with Crippen molar-refractivity contribution in [1.29, 1.82) is 0 Å². The van der Waals surface area contributed by atoms with Crippen LogP contribution >= 0.6 is 11.3 Å². The fraction of sp³-hybridized carbons (Fsp3) is 0.500. The highest BCUT2D eigenvalue weighted by molar-refractivity contribution is 7.11. The Hall–Kier alpha value is -1.19. The van der Waals surface area contributed by atoms with Crippen LogP contribution < -0.4 is 5.32 Å². The Morgan fingerprint density at radius 3 is 2.14 bits per heavy atom. The summed E-state index contributed by atoms with van der Waals surface area (Å²) in [5.41, 5.74) is 2.92. The topological polar surface area (TPSA) is 24.9 Å². The quantitative estimate of drug-likeness (QED) is 0.843. The number of benzene rings is 1. The van der Waals surface area contributed by atoms with Crippen molar-refractivity contribution in [3.63, 3.8) is 0 Å². The van der Waals surface area contributed by atoms with Gasteiger partial charge in [-0.25, -0.2) is 4.98 Å². The van der Waals surface area contributed by atoms with E-state index in [2.05, 4.69) is 76.1 Å². The van der Waals surface area contributed by atoms with Crippen LogP contribution in [-0.4, -0.2) is 4.98 Å². The molecule has 0 aliphatic carbocycles. The van der Waals surface area contributed by atoms with E-state index in [4.69, 9.17) is 0 Å². The van der Waals surface area contributed by atoms with Crippen molar-refractivity contribution in [2.75, 3.05) is 0 Å². The molecule has 0 bridgehead atoms. The first-order valence-corrected chi connectivity index (χ1v) is 8.38. The molecule has 114 valence electrons. The minimum atomic E-state index is 0.211. The van der Waals surface area contributed by atoms with Gasteiger partial charge in [-0.1, -0.05) is 45.0 Å². The summed E-state index contributed by atoms with van der Waals surface area (Å²) in [5, 5.41) is 4.78. The summed E-state index contributed by atoms with van der Waals surface area (Å²) < 4.78 is 0. The van der Waals surface area contributed by atoms with Crippen LogP contribution in [0.1, 0.15) is 67.7 Å². The number of nitrogens with zero attached hydrogens (tertiary/aromatic N) is 1. The normalized spacial score (nSPS) is 15.0. The second-order valence-corrected chi connectivity index (χ2v) is 8.03. The second kappa shape index (κ2) is 6.29. The first-order chi connectivity index (χ1) is 9.77. The molecule has 0 spiro atoms. The van der Waals surface area contributed by atoms with Crippen LogP contribution in [-0.2, 0) is 5.41 Å². The van der Waals surface area contributed by atoms with Crippen LogP contribution in [0.5, 0.6) is 0 Å². The lowest BCUT2D eigenvalue weighted by atomic mass is 9.86. The summed E-state index contributed by atoms with van der Waals surface area (Å²) in [6.45, 7) is 13.2. The molecule has 2 rings (SSSR count). The highest BCUT2D eigenvalue weighted by Gasteiger charge is 2.16. The van der Waals surface area contributed by atoms with E-state index >= 15 is 0 Å². The summed E-state index contributed by atoms with van der Waals surface area (Å²) in [5.74, 6) is 0.